The first-order valence-electron chi connectivity index (χ1n) is 9.03. The van der Waals surface area contributed by atoms with Gasteiger partial charge in [0, 0.05) is 5.56 Å². The number of ether oxygens (including phenoxy) is 2. The molecule has 2 heterocycles. The SMILES string of the molecule is C=Cc1ccccc1C1C(C(=O)OCC)=C(C)N(C)c2oc(C(=O)OC)c([O-])[n+]21. The molecule has 1 aliphatic rings. The van der Waals surface area contributed by atoms with Gasteiger partial charge in [0.15, 0.2) is 6.04 Å². The number of hydrogen-bond acceptors (Lipinski definition) is 7. The lowest BCUT2D eigenvalue weighted by molar-refractivity contribution is -0.733. The van der Waals surface area contributed by atoms with Gasteiger partial charge in [-0.25, -0.2) is 14.5 Å². The molecule has 1 aliphatic heterocycles. The van der Waals surface area contributed by atoms with Gasteiger partial charge in [-0.2, -0.15) is 4.57 Å². The zero-order chi connectivity index (χ0) is 21.3. The first-order chi connectivity index (χ1) is 13.9. The molecular weight excluding hydrogens is 376 g/mol. The largest absolute Gasteiger partial charge is 0.839 e. The summed E-state index contributed by atoms with van der Waals surface area (Å²) in [5.41, 5.74) is 2.20. The summed E-state index contributed by atoms with van der Waals surface area (Å²) < 4.78 is 16.8. The Morgan fingerprint density at radius 1 is 1.34 bits per heavy atom. The summed E-state index contributed by atoms with van der Waals surface area (Å²) in [4.78, 5) is 26.5. The number of allylic oxidation sites excluding steroid dienone is 1. The van der Waals surface area contributed by atoms with E-state index in [2.05, 4.69) is 11.3 Å². The summed E-state index contributed by atoms with van der Waals surface area (Å²) in [6, 6.07) is 6.50. The second-order valence-corrected chi connectivity index (χ2v) is 6.39. The number of carbonyl (C=O) groups excluding carboxylic acids is 2. The van der Waals surface area contributed by atoms with Crippen molar-refractivity contribution in [1.82, 2.24) is 0 Å². The van der Waals surface area contributed by atoms with Crippen LogP contribution in [-0.2, 0) is 14.3 Å². The molecule has 3 rings (SSSR count). The van der Waals surface area contributed by atoms with Crippen molar-refractivity contribution in [3.8, 4) is 5.88 Å². The Bertz CT molecular complexity index is 1020. The number of anilines is 1. The number of methoxy groups -OCH3 is 1. The molecular formula is C21H22N2O6. The van der Waals surface area contributed by atoms with Gasteiger partial charge in [-0.3, -0.25) is 0 Å². The lowest BCUT2D eigenvalue weighted by Crippen LogP contribution is -2.52. The molecule has 1 atom stereocenters. The van der Waals surface area contributed by atoms with Crippen LogP contribution in [-0.4, -0.2) is 32.7 Å². The highest BCUT2D eigenvalue weighted by atomic mass is 16.5. The van der Waals surface area contributed by atoms with Crippen molar-refractivity contribution in [1.29, 1.82) is 0 Å². The van der Waals surface area contributed by atoms with E-state index in [4.69, 9.17) is 9.15 Å². The molecule has 0 saturated heterocycles. The molecule has 0 radical (unpaired) electrons. The number of rotatable bonds is 5. The summed E-state index contributed by atoms with van der Waals surface area (Å²) in [7, 11) is 2.80. The van der Waals surface area contributed by atoms with Crippen molar-refractivity contribution in [3.63, 3.8) is 0 Å². The van der Waals surface area contributed by atoms with E-state index in [-0.39, 0.29) is 18.2 Å². The van der Waals surface area contributed by atoms with Gasteiger partial charge in [-0.1, -0.05) is 36.9 Å². The minimum absolute atomic E-state index is 0.116. The molecule has 0 spiro atoms. The second-order valence-electron chi connectivity index (χ2n) is 6.39. The van der Waals surface area contributed by atoms with Gasteiger partial charge in [0.1, 0.15) is 17.2 Å². The number of nitrogens with zero attached hydrogens (tertiary/aromatic N) is 2. The molecule has 0 aliphatic carbocycles. The maximum Gasteiger partial charge on any atom is 0.462 e. The zero-order valence-corrected chi connectivity index (χ0v) is 16.7. The van der Waals surface area contributed by atoms with Gasteiger partial charge < -0.3 is 19.0 Å². The van der Waals surface area contributed by atoms with Crippen molar-refractivity contribution in [2.45, 2.75) is 19.9 Å². The molecule has 0 amide bonds. The van der Waals surface area contributed by atoms with Gasteiger partial charge in [0.2, 0.25) is 0 Å². The number of hydrogen-bond donors (Lipinski definition) is 0. The van der Waals surface area contributed by atoms with E-state index < -0.39 is 29.6 Å². The van der Waals surface area contributed by atoms with Crippen molar-refractivity contribution >= 4 is 24.0 Å². The Balaban J connectivity index is 2.36. The highest BCUT2D eigenvalue weighted by Crippen LogP contribution is 2.38. The average Bonchev–Trinajstić information content (AvgIpc) is 3.07. The van der Waals surface area contributed by atoms with Gasteiger partial charge in [-0.15, -0.1) is 0 Å². The molecule has 152 valence electrons. The van der Waals surface area contributed by atoms with E-state index >= 15 is 0 Å². The third-order valence-electron chi connectivity index (χ3n) is 4.90. The smallest absolute Gasteiger partial charge is 0.462 e. The first-order valence-corrected chi connectivity index (χ1v) is 9.03. The topological polar surface area (TPSA) is 95.9 Å². The van der Waals surface area contributed by atoms with Crippen molar-refractivity contribution in [3.05, 3.63) is 59.0 Å². The molecule has 0 saturated carbocycles. The fourth-order valence-corrected chi connectivity index (χ4v) is 3.42. The second kappa shape index (κ2) is 7.83. The van der Waals surface area contributed by atoms with Crippen molar-refractivity contribution in [2.75, 3.05) is 25.7 Å². The van der Waals surface area contributed by atoms with E-state index in [1.807, 2.05) is 12.1 Å². The van der Waals surface area contributed by atoms with Crippen LogP contribution in [0.4, 0.5) is 6.01 Å². The Morgan fingerprint density at radius 3 is 2.66 bits per heavy atom. The van der Waals surface area contributed by atoms with Crippen LogP contribution in [0, 0.1) is 0 Å². The van der Waals surface area contributed by atoms with E-state index in [0.717, 1.165) is 12.7 Å². The molecule has 0 N–H and O–H groups in total. The van der Waals surface area contributed by atoms with Crippen molar-refractivity contribution < 1.29 is 33.2 Å². The van der Waals surface area contributed by atoms with Crippen molar-refractivity contribution in [2.24, 2.45) is 0 Å². The highest BCUT2D eigenvalue weighted by molar-refractivity contribution is 5.92. The predicted molar refractivity (Wildman–Crippen MR) is 102 cm³/mol. The summed E-state index contributed by atoms with van der Waals surface area (Å²) in [5.74, 6) is -2.61. The summed E-state index contributed by atoms with van der Waals surface area (Å²) in [6.07, 6.45) is 1.64. The Hall–Kier alpha value is -3.55. The van der Waals surface area contributed by atoms with Crippen LogP contribution in [0.5, 0.6) is 5.88 Å². The minimum Gasteiger partial charge on any atom is -0.839 e. The molecule has 8 nitrogen and oxygen atoms in total. The molecule has 29 heavy (non-hydrogen) atoms. The number of carbonyl (C=O) groups is 2. The number of oxazole rings is 1. The highest BCUT2D eigenvalue weighted by Gasteiger charge is 2.46. The molecule has 0 fully saturated rings. The third kappa shape index (κ3) is 3.16. The van der Waals surface area contributed by atoms with Gasteiger partial charge in [-0.05, 0) is 19.4 Å². The quantitative estimate of drug-likeness (QED) is 0.561. The normalized spacial score (nSPS) is 15.7. The Morgan fingerprint density at radius 2 is 2.03 bits per heavy atom. The average molecular weight is 398 g/mol. The van der Waals surface area contributed by atoms with E-state index in [9.17, 15) is 14.7 Å². The van der Waals surface area contributed by atoms with E-state index in [1.165, 1.54) is 9.47 Å². The van der Waals surface area contributed by atoms with Crippen LogP contribution in [0.1, 0.15) is 41.6 Å². The molecule has 1 unspecified atom stereocenters. The van der Waals surface area contributed by atoms with Crippen LogP contribution in [0.2, 0.25) is 0 Å². The first kappa shape index (κ1) is 20.2. The third-order valence-corrected chi connectivity index (χ3v) is 4.90. The molecule has 1 aromatic carbocycles. The molecule has 0 bridgehead atoms. The summed E-state index contributed by atoms with van der Waals surface area (Å²) in [6.45, 7) is 7.43. The van der Waals surface area contributed by atoms with Gasteiger partial charge in [0.05, 0.1) is 20.8 Å². The van der Waals surface area contributed by atoms with Crippen LogP contribution in [0.15, 0.2) is 46.5 Å². The molecule has 1 aromatic heterocycles. The monoisotopic (exact) mass is 398 g/mol. The number of esters is 2. The predicted octanol–water partition coefficient (Wildman–Crippen LogP) is 1.95. The van der Waals surface area contributed by atoms with Crippen LogP contribution in [0.25, 0.3) is 6.08 Å². The lowest BCUT2D eigenvalue weighted by atomic mass is 9.91. The summed E-state index contributed by atoms with van der Waals surface area (Å²) >= 11 is 0. The molecule has 2 aromatic rings. The van der Waals surface area contributed by atoms with E-state index in [1.54, 1.807) is 39.1 Å². The zero-order valence-electron chi connectivity index (χ0n) is 16.7. The maximum atomic E-state index is 13.1. The van der Waals surface area contributed by atoms with E-state index in [0.29, 0.717) is 11.3 Å². The fourth-order valence-electron chi connectivity index (χ4n) is 3.42. The minimum atomic E-state index is -0.892. The maximum absolute atomic E-state index is 13.1. The van der Waals surface area contributed by atoms with Crippen LogP contribution >= 0.6 is 0 Å². The number of benzene rings is 1. The number of aromatic nitrogens is 1. The Kier molecular flexibility index (Phi) is 5.45. The van der Waals surface area contributed by atoms with Gasteiger partial charge >= 0.3 is 18.0 Å². The lowest BCUT2D eigenvalue weighted by Gasteiger charge is -2.28. The standard InChI is InChI=1S/C21H22N2O6/c1-6-13-10-8-9-11-14(13)16-15(19(25)28-7-2)12(3)22(4)21-23(16)18(24)17(29-21)20(26)27-5/h6,8-11,16H,1,7H2,2-5H3. The summed E-state index contributed by atoms with van der Waals surface area (Å²) in [5, 5.41) is 13.1. The molecule has 8 heteroatoms. The number of fused-ring (bicyclic) bond motifs is 1. The van der Waals surface area contributed by atoms with Crippen LogP contribution < -0.4 is 14.6 Å². The van der Waals surface area contributed by atoms with Crippen LogP contribution in [0.3, 0.4) is 0 Å². The fraction of sp³-hybridized carbons (Fsp3) is 0.286. The Labute approximate surface area is 168 Å². The van der Waals surface area contributed by atoms with Gasteiger partial charge in [0.25, 0.3) is 5.76 Å².